The summed E-state index contributed by atoms with van der Waals surface area (Å²) in [7, 11) is 5.76. The fourth-order valence-corrected chi connectivity index (χ4v) is 1.71. The molecule has 0 aliphatic heterocycles. The Morgan fingerprint density at radius 1 is 1.33 bits per heavy atom. The van der Waals surface area contributed by atoms with Crippen LogP contribution in [0.25, 0.3) is 0 Å². The van der Waals surface area contributed by atoms with Crippen LogP contribution in [0.15, 0.2) is 18.2 Å². The van der Waals surface area contributed by atoms with Gasteiger partial charge in [0.25, 0.3) is 0 Å². The second-order valence-corrected chi connectivity index (χ2v) is 4.70. The molecule has 0 aromatic heterocycles. The van der Waals surface area contributed by atoms with Crippen molar-refractivity contribution < 1.29 is 9.47 Å². The van der Waals surface area contributed by atoms with Crippen molar-refractivity contribution in [3.8, 4) is 11.5 Å². The van der Waals surface area contributed by atoms with Crippen LogP contribution < -0.4 is 15.2 Å². The van der Waals surface area contributed by atoms with E-state index in [-0.39, 0.29) is 6.04 Å². The molecule has 0 saturated heterocycles. The Bertz CT molecular complexity index is 365. The number of methoxy groups -OCH3 is 1. The Balaban J connectivity index is 2.66. The molecule has 4 heteroatoms. The predicted molar refractivity (Wildman–Crippen MR) is 74.3 cm³/mol. The molecule has 0 aliphatic rings. The summed E-state index contributed by atoms with van der Waals surface area (Å²) < 4.78 is 11.0. The number of ether oxygens (including phenoxy) is 2. The molecule has 0 heterocycles. The number of hydrogen-bond acceptors (Lipinski definition) is 4. The first-order valence-corrected chi connectivity index (χ1v) is 6.25. The highest BCUT2D eigenvalue weighted by Gasteiger charge is 2.09. The van der Waals surface area contributed by atoms with E-state index in [0.717, 1.165) is 30.0 Å². The van der Waals surface area contributed by atoms with Crippen LogP contribution in [0.4, 0.5) is 0 Å². The van der Waals surface area contributed by atoms with Crippen molar-refractivity contribution >= 4 is 0 Å². The molecule has 0 fully saturated rings. The molecule has 2 N–H and O–H groups in total. The second kappa shape index (κ2) is 7.24. The fraction of sp³-hybridized carbons (Fsp3) is 0.571. The largest absolute Gasteiger partial charge is 0.497 e. The molecular weight excluding hydrogens is 228 g/mol. The molecule has 1 aromatic carbocycles. The van der Waals surface area contributed by atoms with Gasteiger partial charge < -0.3 is 20.1 Å². The Morgan fingerprint density at radius 3 is 2.61 bits per heavy atom. The molecular formula is C14H24N2O2. The SMILES string of the molecule is COc1ccc(C(C)N)c(OCCCN(C)C)c1. The Labute approximate surface area is 110 Å². The lowest BCUT2D eigenvalue weighted by Crippen LogP contribution is -2.16. The van der Waals surface area contributed by atoms with Gasteiger partial charge in [0.2, 0.25) is 0 Å². The van der Waals surface area contributed by atoms with Gasteiger partial charge >= 0.3 is 0 Å². The van der Waals surface area contributed by atoms with Crippen molar-refractivity contribution in [2.24, 2.45) is 5.73 Å². The molecule has 1 aromatic rings. The van der Waals surface area contributed by atoms with Crippen molar-refractivity contribution in [2.45, 2.75) is 19.4 Å². The summed E-state index contributed by atoms with van der Waals surface area (Å²) in [6.07, 6.45) is 0.989. The number of nitrogens with zero attached hydrogens (tertiary/aromatic N) is 1. The molecule has 0 spiro atoms. The number of nitrogens with two attached hydrogens (primary N) is 1. The highest BCUT2D eigenvalue weighted by atomic mass is 16.5. The van der Waals surface area contributed by atoms with E-state index in [1.54, 1.807) is 7.11 Å². The molecule has 0 radical (unpaired) electrons. The predicted octanol–water partition coefficient (Wildman–Crippen LogP) is 2.05. The highest BCUT2D eigenvalue weighted by Crippen LogP contribution is 2.28. The van der Waals surface area contributed by atoms with E-state index in [2.05, 4.69) is 19.0 Å². The van der Waals surface area contributed by atoms with Crippen LogP contribution in [0.2, 0.25) is 0 Å². The molecule has 0 amide bonds. The van der Waals surface area contributed by atoms with Gasteiger partial charge in [-0.05, 0) is 33.5 Å². The van der Waals surface area contributed by atoms with Crippen LogP contribution >= 0.6 is 0 Å². The van der Waals surface area contributed by atoms with Crippen molar-refractivity contribution in [3.63, 3.8) is 0 Å². The minimum absolute atomic E-state index is 0.0419. The lowest BCUT2D eigenvalue weighted by atomic mass is 10.1. The zero-order valence-electron chi connectivity index (χ0n) is 11.8. The quantitative estimate of drug-likeness (QED) is 0.754. The van der Waals surface area contributed by atoms with Crippen LogP contribution in [0, 0.1) is 0 Å². The minimum atomic E-state index is -0.0419. The fourth-order valence-electron chi connectivity index (χ4n) is 1.71. The normalized spacial score (nSPS) is 12.6. The summed E-state index contributed by atoms with van der Waals surface area (Å²) in [5, 5.41) is 0. The molecule has 1 atom stereocenters. The van der Waals surface area contributed by atoms with Crippen molar-refractivity contribution in [1.82, 2.24) is 4.90 Å². The highest BCUT2D eigenvalue weighted by molar-refractivity contribution is 5.42. The molecule has 1 unspecified atom stereocenters. The Hall–Kier alpha value is -1.26. The van der Waals surface area contributed by atoms with Crippen LogP contribution in [0.3, 0.4) is 0 Å². The third-order valence-corrected chi connectivity index (χ3v) is 2.72. The van der Waals surface area contributed by atoms with E-state index < -0.39 is 0 Å². The summed E-state index contributed by atoms with van der Waals surface area (Å²) >= 11 is 0. The van der Waals surface area contributed by atoms with Crippen molar-refractivity contribution in [2.75, 3.05) is 34.4 Å². The molecule has 4 nitrogen and oxygen atoms in total. The first-order chi connectivity index (χ1) is 8.54. The molecule has 0 bridgehead atoms. The van der Waals surface area contributed by atoms with Crippen LogP contribution in [0.1, 0.15) is 24.9 Å². The van der Waals surface area contributed by atoms with Gasteiger partial charge in [0, 0.05) is 24.2 Å². The van der Waals surface area contributed by atoms with Crippen LogP contribution in [-0.2, 0) is 0 Å². The van der Waals surface area contributed by atoms with E-state index in [1.807, 2.05) is 25.1 Å². The van der Waals surface area contributed by atoms with Gasteiger partial charge in [0.15, 0.2) is 0 Å². The number of rotatable bonds is 7. The topological polar surface area (TPSA) is 47.7 Å². The third-order valence-electron chi connectivity index (χ3n) is 2.72. The summed E-state index contributed by atoms with van der Waals surface area (Å²) in [6.45, 7) is 3.65. The molecule has 1 rings (SSSR count). The maximum Gasteiger partial charge on any atom is 0.127 e. The van der Waals surface area contributed by atoms with E-state index in [4.69, 9.17) is 15.2 Å². The van der Waals surface area contributed by atoms with E-state index in [9.17, 15) is 0 Å². The van der Waals surface area contributed by atoms with Gasteiger partial charge in [-0.25, -0.2) is 0 Å². The zero-order chi connectivity index (χ0) is 13.5. The monoisotopic (exact) mass is 252 g/mol. The van der Waals surface area contributed by atoms with Gasteiger partial charge in [0.05, 0.1) is 13.7 Å². The van der Waals surface area contributed by atoms with Gasteiger partial charge in [-0.15, -0.1) is 0 Å². The van der Waals surface area contributed by atoms with Gasteiger partial charge in [-0.3, -0.25) is 0 Å². The Morgan fingerprint density at radius 2 is 2.06 bits per heavy atom. The molecule has 0 aliphatic carbocycles. The Kier molecular flexibility index (Phi) is 5.95. The number of hydrogen-bond donors (Lipinski definition) is 1. The van der Waals surface area contributed by atoms with Gasteiger partial charge in [-0.2, -0.15) is 0 Å². The summed E-state index contributed by atoms with van der Waals surface area (Å²) in [5.41, 5.74) is 6.94. The van der Waals surface area contributed by atoms with Gasteiger partial charge in [0.1, 0.15) is 11.5 Å². The minimum Gasteiger partial charge on any atom is -0.497 e. The molecule has 18 heavy (non-hydrogen) atoms. The first-order valence-electron chi connectivity index (χ1n) is 6.25. The average molecular weight is 252 g/mol. The van der Waals surface area contributed by atoms with Crippen molar-refractivity contribution in [1.29, 1.82) is 0 Å². The lowest BCUT2D eigenvalue weighted by Gasteiger charge is -2.16. The summed E-state index contributed by atoms with van der Waals surface area (Å²) in [4.78, 5) is 2.14. The van der Waals surface area contributed by atoms with Gasteiger partial charge in [-0.1, -0.05) is 6.07 Å². The lowest BCUT2D eigenvalue weighted by molar-refractivity contribution is 0.277. The smallest absolute Gasteiger partial charge is 0.127 e. The molecule has 0 saturated carbocycles. The average Bonchev–Trinajstić information content (AvgIpc) is 2.33. The standard InChI is InChI=1S/C14H24N2O2/c1-11(15)13-7-6-12(17-4)10-14(13)18-9-5-8-16(2)3/h6-7,10-11H,5,8-9,15H2,1-4H3. The van der Waals surface area contributed by atoms with Crippen molar-refractivity contribution in [3.05, 3.63) is 23.8 Å². The van der Waals surface area contributed by atoms with E-state index in [0.29, 0.717) is 6.61 Å². The summed E-state index contributed by atoms with van der Waals surface area (Å²) in [5.74, 6) is 1.62. The van der Waals surface area contributed by atoms with E-state index in [1.165, 1.54) is 0 Å². The maximum absolute atomic E-state index is 5.93. The molecule has 102 valence electrons. The van der Waals surface area contributed by atoms with Crippen LogP contribution in [0.5, 0.6) is 11.5 Å². The van der Waals surface area contributed by atoms with Crippen LogP contribution in [-0.4, -0.2) is 39.3 Å². The maximum atomic E-state index is 5.93. The first kappa shape index (κ1) is 14.8. The summed E-state index contributed by atoms with van der Waals surface area (Å²) in [6, 6.07) is 5.73. The second-order valence-electron chi connectivity index (χ2n) is 4.70. The zero-order valence-corrected chi connectivity index (χ0v) is 11.8. The third kappa shape index (κ3) is 4.55. The number of benzene rings is 1. The van der Waals surface area contributed by atoms with E-state index >= 15 is 0 Å².